The van der Waals surface area contributed by atoms with Crippen LogP contribution in [0.1, 0.15) is 174 Å². The van der Waals surface area contributed by atoms with E-state index in [1.807, 2.05) is 13.0 Å². The molecule has 0 bridgehead atoms. The maximum Gasteiger partial charge on any atom is 0.334 e. The highest BCUT2D eigenvalue weighted by atomic mass is 16.5. The molecule has 1 fully saturated rings. The second kappa shape index (κ2) is 22.7. The van der Waals surface area contributed by atoms with E-state index >= 15 is 0 Å². The zero-order valence-corrected chi connectivity index (χ0v) is 26.3. The number of hydrogen-bond acceptors (Lipinski definition) is 5. The van der Waals surface area contributed by atoms with E-state index in [1.54, 1.807) is 0 Å². The number of hydrogen-bond donors (Lipinski definition) is 2. The first-order valence-electron chi connectivity index (χ1n) is 17.4. The van der Waals surface area contributed by atoms with E-state index in [4.69, 9.17) is 9.47 Å². The molecule has 0 aliphatic carbocycles. The van der Waals surface area contributed by atoms with E-state index in [0.717, 1.165) is 56.9 Å². The summed E-state index contributed by atoms with van der Waals surface area (Å²) in [6.45, 7) is 4.18. The maximum absolute atomic E-state index is 11.6. The summed E-state index contributed by atoms with van der Waals surface area (Å²) in [4.78, 5) is 11.6. The quantitative estimate of drug-likeness (QED) is 0.0809. The van der Waals surface area contributed by atoms with E-state index in [2.05, 4.69) is 6.92 Å². The fourth-order valence-electron chi connectivity index (χ4n) is 6.37. The van der Waals surface area contributed by atoms with Gasteiger partial charge in [-0.25, -0.2) is 4.79 Å². The molecule has 0 spiro atoms. The lowest BCUT2D eigenvalue weighted by Gasteiger charge is -2.22. The number of carbonyl (C=O) groups is 1. The van der Waals surface area contributed by atoms with E-state index in [0.29, 0.717) is 0 Å². The topological polar surface area (TPSA) is 76.0 Å². The van der Waals surface area contributed by atoms with Crippen LogP contribution in [0.4, 0.5) is 0 Å². The summed E-state index contributed by atoms with van der Waals surface area (Å²) in [6, 6.07) is 0. The molecular weight excluding hydrogens is 500 g/mol. The Bertz CT molecular complexity index is 662. The van der Waals surface area contributed by atoms with Gasteiger partial charge in [0.1, 0.15) is 6.10 Å². The van der Waals surface area contributed by atoms with Crippen molar-refractivity contribution in [2.45, 2.75) is 205 Å². The number of unbranched alkanes of at least 4 members (excludes halogenated alkanes) is 18. The number of ether oxygens (including phenoxy) is 2. The summed E-state index contributed by atoms with van der Waals surface area (Å²) < 4.78 is 11.2. The van der Waals surface area contributed by atoms with Crippen molar-refractivity contribution >= 4 is 5.97 Å². The van der Waals surface area contributed by atoms with Crippen molar-refractivity contribution in [3.63, 3.8) is 0 Å². The van der Waals surface area contributed by atoms with Gasteiger partial charge >= 0.3 is 5.97 Å². The molecule has 234 valence electrons. The average molecular weight is 565 g/mol. The Balaban J connectivity index is 1.35. The molecule has 0 aromatic rings. The summed E-state index contributed by atoms with van der Waals surface area (Å²) in [5.74, 6) is -0.117. The van der Waals surface area contributed by atoms with Gasteiger partial charge in [-0.3, -0.25) is 0 Å². The number of aliphatic hydroxyl groups excluding tert-OH is 2. The van der Waals surface area contributed by atoms with Crippen LogP contribution in [0, 0.1) is 0 Å². The van der Waals surface area contributed by atoms with Crippen molar-refractivity contribution in [2.75, 3.05) is 0 Å². The summed E-state index contributed by atoms with van der Waals surface area (Å²) in [5.41, 5.74) is 0.870. The van der Waals surface area contributed by atoms with E-state index in [9.17, 15) is 15.0 Å². The number of esters is 1. The Morgan fingerprint density at radius 1 is 0.675 bits per heavy atom. The van der Waals surface area contributed by atoms with Crippen LogP contribution in [-0.2, 0) is 14.3 Å². The lowest BCUT2D eigenvalue weighted by molar-refractivity contribution is -0.139. The van der Waals surface area contributed by atoms with Crippen LogP contribution < -0.4 is 0 Å². The van der Waals surface area contributed by atoms with Crippen LogP contribution in [0.15, 0.2) is 11.6 Å². The zero-order chi connectivity index (χ0) is 28.8. The smallest absolute Gasteiger partial charge is 0.334 e. The molecule has 5 atom stereocenters. The summed E-state index contributed by atoms with van der Waals surface area (Å²) in [7, 11) is 0. The maximum atomic E-state index is 11.6. The molecule has 40 heavy (non-hydrogen) atoms. The van der Waals surface area contributed by atoms with E-state index < -0.39 is 0 Å². The van der Waals surface area contributed by atoms with Crippen molar-refractivity contribution in [1.82, 2.24) is 0 Å². The molecule has 0 unspecified atom stereocenters. The van der Waals surface area contributed by atoms with Crippen molar-refractivity contribution in [2.24, 2.45) is 0 Å². The van der Waals surface area contributed by atoms with Gasteiger partial charge in [0.25, 0.3) is 0 Å². The van der Waals surface area contributed by atoms with Crippen LogP contribution >= 0.6 is 0 Å². The Morgan fingerprint density at radius 2 is 1.07 bits per heavy atom. The summed E-state index contributed by atoms with van der Waals surface area (Å²) in [6.07, 6.45) is 30.5. The standard InChI is InChI=1S/C35H64O5/c1-3-4-5-6-7-8-12-15-18-21-24-31(36)33-26-27-34(40-33)32(37)25-22-19-16-13-10-9-11-14-17-20-23-30-28-29(2)39-35(30)38/h28-29,31-34,36-37H,3-27H2,1-2H3/t29-,31-,32-,33-,34-/m1/s1. The molecule has 0 amide bonds. The Kier molecular flexibility index (Phi) is 20.0. The van der Waals surface area contributed by atoms with Gasteiger partial charge in [-0.2, -0.15) is 0 Å². The number of cyclic esters (lactones) is 1. The molecule has 2 aliphatic rings. The predicted octanol–water partition coefficient (Wildman–Crippen LogP) is 9.12. The van der Waals surface area contributed by atoms with Crippen molar-refractivity contribution in [1.29, 1.82) is 0 Å². The minimum Gasteiger partial charge on any atom is -0.455 e. The third-order valence-corrected chi connectivity index (χ3v) is 8.98. The highest BCUT2D eigenvalue weighted by Crippen LogP contribution is 2.28. The lowest BCUT2D eigenvalue weighted by Crippen LogP contribution is -2.31. The second-order valence-electron chi connectivity index (χ2n) is 12.8. The minimum atomic E-state index is -0.389. The molecule has 0 saturated carbocycles. The van der Waals surface area contributed by atoms with Crippen LogP contribution in [0.3, 0.4) is 0 Å². The van der Waals surface area contributed by atoms with Crippen molar-refractivity contribution in [3.05, 3.63) is 11.6 Å². The van der Waals surface area contributed by atoms with Gasteiger partial charge in [-0.1, -0.05) is 129 Å². The van der Waals surface area contributed by atoms with Gasteiger partial charge in [0, 0.05) is 5.57 Å². The normalized spacial score (nSPS) is 22.4. The largest absolute Gasteiger partial charge is 0.455 e. The van der Waals surface area contributed by atoms with Gasteiger partial charge in [0.2, 0.25) is 0 Å². The average Bonchev–Trinajstić information content (AvgIpc) is 3.56. The lowest BCUT2D eigenvalue weighted by atomic mass is 10.00. The highest BCUT2D eigenvalue weighted by molar-refractivity contribution is 5.90. The van der Waals surface area contributed by atoms with Gasteiger partial charge in [-0.15, -0.1) is 0 Å². The molecule has 5 heteroatoms. The SMILES string of the molecule is CCCCCCCCCCCC[C@@H](O)[C@H]1CC[C@H]([C@H](O)CCCCCCCCCCCCC2=C[C@@H](C)OC2=O)O1. The molecule has 0 aromatic carbocycles. The van der Waals surface area contributed by atoms with Crippen LogP contribution in [0.2, 0.25) is 0 Å². The number of carbonyl (C=O) groups excluding carboxylic acids is 1. The summed E-state index contributed by atoms with van der Waals surface area (Å²) in [5, 5.41) is 21.2. The van der Waals surface area contributed by atoms with Gasteiger partial charge in [0.15, 0.2) is 0 Å². The van der Waals surface area contributed by atoms with E-state index in [-0.39, 0.29) is 36.5 Å². The summed E-state index contributed by atoms with van der Waals surface area (Å²) >= 11 is 0. The number of rotatable bonds is 26. The Morgan fingerprint density at radius 3 is 1.48 bits per heavy atom. The van der Waals surface area contributed by atoms with Gasteiger partial charge in [-0.05, 0) is 51.5 Å². The van der Waals surface area contributed by atoms with Crippen LogP contribution in [0.25, 0.3) is 0 Å². The molecule has 1 saturated heterocycles. The Labute approximate surface area is 246 Å². The predicted molar refractivity (Wildman–Crippen MR) is 165 cm³/mol. The Hall–Kier alpha value is -0.910. The van der Waals surface area contributed by atoms with Crippen LogP contribution in [0.5, 0.6) is 0 Å². The van der Waals surface area contributed by atoms with Gasteiger partial charge in [0.05, 0.1) is 24.4 Å². The molecule has 2 rings (SSSR count). The fraction of sp³-hybridized carbons (Fsp3) is 0.914. The molecule has 0 radical (unpaired) electrons. The molecule has 0 aromatic heterocycles. The first-order chi connectivity index (χ1) is 19.5. The fourth-order valence-corrected chi connectivity index (χ4v) is 6.37. The monoisotopic (exact) mass is 564 g/mol. The molecule has 5 nitrogen and oxygen atoms in total. The highest BCUT2D eigenvalue weighted by Gasteiger charge is 2.34. The third-order valence-electron chi connectivity index (χ3n) is 8.98. The van der Waals surface area contributed by atoms with Crippen molar-refractivity contribution < 1.29 is 24.5 Å². The molecular formula is C35H64O5. The van der Waals surface area contributed by atoms with Gasteiger partial charge < -0.3 is 19.7 Å². The van der Waals surface area contributed by atoms with Crippen LogP contribution in [-0.4, -0.2) is 46.7 Å². The first kappa shape index (κ1) is 35.3. The molecule has 2 N–H and O–H groups in total. The minimum absolute atomic E-state index is 0.0443. The first-order valence-corrected chi connectivity index (χ1v) is 17.4. The third kappa shape index (κ3) is 15.9. The number of aliphatic hydroxyl groups is 2. The van der Waals surface area contributed by atoms with E-state index in [1.165, 1.54) is 109 Å². The molecule has 2 aliphatic heterocycles. The molecule has 2 heterocycles. The zero-order valence-electron chi connectivity index (χ0n) is 26.3. The van der Waals surface area contributed by atoms with Crippen molar-refractivity contribution in [3.8, 4) is 0 Å². The second-order valence-corrected chi connectivity index (χ2v) is 12.8.